The van der Waals surface area contributed by atoms with Crippen molar-refractivity contribution in [1.82, 2.24) is 4.90 Å². The Morgan fingerprint density at radius 3 is 2.20 bits per heavy atom. The second-order valence-electron chi connectivity index (χ2n) is 7.68. The molecule has 1 aliphatic rings. The Balaban J connectivity index is 1.44. The molecular formula is C23H21F3N2O5S2. The van der Waals surface area contributed by atoms with Gasteiger partial charge in [-0.05, 0) is 46.3 Å². The van der Waals surface area contributed by atoms with Crippen molar-refractivity contribution in [3.63, 3.8) is 0 Å². The van der Waals surface area contributed by atoms with Crippen LogP contribution in [-0.2, 0) is 26.0 Å². The van der Waals surface area contributed by atoms with Crippen LogP contribution in [0.15, 0.2) is 64.2 Å². The molecule has 0 saturated carbocycles. The van der Waals surface area contributed by atoms with E-state index >= 15 is 0 Å². The Labute approximate surface area is 204 Å². The van der Waals surface area contributed by atoms with E-state index < -0.39 is 16.4 Å². The predicted octanol–water partition coefficient (Wildman–Crippen LogP) is 4.52. The monoisotopic (exact) mass is 526 g/mol. The number of hydrogen-bond acceptors (Lipinski definition) is 6. The number of carbonyl (C=O) groups is 1. The summed E-state index contributed by atoms with van der Waals surface area (Å²) in [5.41, 5.74) is 2.15. The quantitative estimate of drug-likeness (QED) is 0.490. The first kappa shape index (κ1) is 25.0. The fourth-order valence-electron chi connectivity index (χ4n) is 3.52. The van der Waals surface area contributed by atoms with Gasteiger partial charge in [0.1, 0.15) is 5.75 Å². The molecule has 2 heterocycles. The highest BCUT2D eigenvalue weighted by atomic mass is 32.2. The van der Waals surface area contributed by atoms with E-state index in [1.165, 1.54) is 47.7 Å². The molecule has 1 N–H and O–H groups in total. The summed E-state index contributed by atoms with van der Waals surface area (Å²) in [5.74, 6) is -0.438. The first-order valence-electron chi connectivity index (χ1n) is 10.5. The molecule has 0 radical (unpaired) electrons. The smallest absolute Gasteiger partial charge is 0.406 e. The number of ether oxygens (including phenoxy) is 2. The lowest BCUT2D eigenvalue weighted by atomic mass is 10.1. The van der Waals surface area contributed by atoms with Crippen LogP contribution < -0.4 is 9.46 Å². The number of nitrogens with zero attached hydrogens (tertiary/aromatic N) is 1. The van der Waals surface area contributed by atoms with Gasteiger partial charge >= 0.3 is 6.36 Å². The highest BCUT2D eigenvalue weighted by Crippen LogP contribution is 2.29. The minimum atomic E-state index is -4.78. The van der Waals surface area contributed by atoms with Crippen LogP contribution in [0.1, 0.15) is 5.56 Å². The molecule has 0 unspecified atom stereocenters. The number of halogens is 3. The van der Waals surface area contributed by atoms with Gasteiger partial charge in [-0.3, -0.25) is 9.52 Å². The largest absolute Gasteiger partial charge is 0.573 e. The SMILES string of the molecule is O=C(Cc1cscc1NS(=O)(=O)c1ccc(-c2ccc(OC(F)(F)F)cc2)cc1)N1CCOCC1. The molecule has 0 atom stereocenters. The van der Waals surface area contributed by atoms with Gasteiger partial charge in [0, 0.05) is 18.5 Å². The average molecular weight is 527 g/mol. The number of hydrogen-bond donors (Lipinski definition) is 1. The number of sulfonamides is 1. The van der Waals surface area contributed by atoms with Gasteiger partial charge in [-0.1, -0.05) is 24.3 Å². The fourth-order valence-corrected chi connectivity index (χ4v) is 5.47. The third-order valence-electron chi connectivity index (χ3n) is 5.28. The van der Waals surface area contributed by atoms with Crippen LogP contribution in [0.5, 0.6) is 5.75 Å². The van der Waals surface area contributed by atoms with Crippen LogP contribution in [0.3, 0.4) is 0 Å². The summed E-state index contributed by atoms with van der Waals surface area (Å²) < 4.78 is 74.5. The molecule has 0 bridgehead atoms. The summed E-state index contributed by atoms with van der Waals surface area (Å²) in [6.45, 7) is 1.98. The third-order valence-corrected chi connectivity index (χ3v) is 7.45. The lowest BCUT2D eigenvalue weighted by Crippen LogP contribution is -2.41. The zero-order chi connectivity index (χ0) is 25.1. The summed E-state index contributed by atoms with van der Waals surface area (Å²) in [6.07, 6.45) is -4.70. The van der Waals surface area contributed by atoms with Crippen molar-refractivity contribution in [2.45, 2.75) is 17.7 Å². The highest BCUT2D eigenvalue weighted by molar-refractivity contribution is 7.92. The van der Waals surface area contributed by atoms with E-state index in [-0.39, 0.29) is 23.0 Å². The van der Waals surface area contributed by atoms with Crippen molar-refractivity contribution in [3.8, 4) is 16.9 Å². The number of rotatable bonds is 7. The number of morpholine rings is 1. The lowest BCUT2D eigenvalue weighted by molar-refractivity contribution is -0.274. The number of thiophene rings is 1. The molecule has 35 heavy (non-hydrogen) atoms. The molecule has 1 aliphatic heterocycles. The zero-order valence-corrected chi connectivity index (χ0v) is 19.9. The first-order valence-corrected chi connectivity index (χ1v) is 12.9. The van der Waals surface area contributed by atoms with Crippen LogP contribution in [-0.4, -0.2) is 51.9 Å². The van der Waals surface area contributed by atoms with Crippen LogP contribution in [0.25, 0.3) is 11.1 Å². The minimum Gasteiger partial charge on any atom is -0.406 e. The summed E-state index contributed by atoms with van der Waals surface area (Å²) in [7, 11) is -3.93. The van der Waals surface area contributed by atoms with Crippen LogP contribution in [0.2, 0.25) is 0 Å². The fraction of sp³-hybridized carbons (Fsp3) is 0.261. The highest BCUT2D eigenvalue weighted by Gasteiger charge is 2.31. The van der Waals surface area contributed by atoms with Gasteiger partial charge in [-0.2, -0.15) is 0 Å². The second kappa shape index (κ2) is 10.3. The van der Waals surface area contributed by atoms with Gasteiger partial charge in [0.05, 0.1) is 30.2 Å². The van der Waals surface area contributed by atoms with Gasteiger partial charge < -0.3 is 14.4 Å². The van der Waals surface area contributed by atoms with Crippen molar-refractivity contribution in [2.75, 3.05) is 31.0 Å². The number of anilines is 1. The molecule has 1 aromatic heterocycles. The molecule has 3 aromatic rings. The van der Waals surface area contributed by atoms with Gasteiger partial charge in [-0.15, -0.1) is 24.5 Å². The van der Waals surface area contributed by atoms with Crippen LogP contribution in [0.4, 0.5) is 18.9 Å². The van der Waals surface area contributed by atoms with E-state index in [2.05, 4.69) is 9.46 Å². The zero-order valence-electron chi connectivity index (χ0n) is 18.2. The normalized spacial score (nSPS) is 14.5. The van der Waals surface area contributed by atoms with E-state index in [4.69, 9.17) is 4.74 Å². The molecule has 186 valence electrons. The number of carbonyl (C=O) groups excluding carboxylic acids is 1. The van der Waals surface area contributed by atoms with Crippen molar-refractivity contribution >= 4 is 33.0 Å². The van der Waals surface area contributed by atoms with E-state index in [1.807, 2.05) is 0 Å². The Morgan fingerprint density at radius 1 is 1.00 bits per heavy atom. The summed E-state index contributed by atoms with van der Waals surface area (Å²) in [4.78, 5) is 14.3. The molecule has 1 amide bonds. The maximum absolute atomic E-state index is 12.9. The van der Waals surface area contributed by atoms with Crippen molar-refractivity contribution in [3.05, 3.63) is 64.9 Å². The standard InChI is InChI=1S/C23H21F3N2O5S2/c24-23(25,26)33-19-5-1-16(2-6-19)17-3-7-20(8-4-17)35(30,31)27-21-15-34-14-18(21)13-22(29)28-9-11-32-12-10-28/h1-8,14-15,27H,9-13H2. The molecule has 12 heteroatoms. The van der Waals surface area contributed by atoms with E-state index in [0.29, 0.717) is 48.7 Å². The summed E-state index contributed by atoms with van der Waals surface area (Å²) in [5, 5.41) is 3.38. The number of alkyl halides is 3. The molecule has 7 nitrogen and oxygen atoms in total. The Bertz CT molecular complexity index is 1270. The Morgan fingerprint density at radius 2 is 1.60 bits per heavy atom. The summed E-state index contributed by atoms with van der Waals surface area (Å²) >= 11 is 1.29. The molecule has 0 aliphatic carbocycles. The average Bonchev–Trinajstić information content (AvgIpc) is 3.25. The Kier molecular flexibility index (Phi) is 7.33. The van der Waals surface area contributed by atoms with Gasteiger partial charge in [0.15, 0.2) is 0 Å². The van der Waals surface area contributed by atoms with Crippen molar-refractivity contribution < 1.29 is 35.9 Å². The minimum absolute atomic E-state index is 0.00920. The molecule has 4 rings (SSSR count). The first-order chi connectivity index (χ1) is 16.6. The van der Waals surface area contributed by atoms with Gasteiger partial charge in [0.25, 0.3) is 10.0 Å². The number of amides is 1. The van der Waals surface area contributed by atoms with Gasteiger partial charge in [0.2, 0.25) is 5.91 Å². The van der Waals surface area contributed by atoms with E-state index in [0.717, 1.165) is 0 Å². The van der Waals surface area contributed by atoms with Crippen LogP contribution >= 0.6 is 11.3 Å². The lowest BCUT2D eigenvalue weighted by Gasteiger charge is -2.26. The summed E-state index contributed by atoms with van der Waals surface area (Å²) in [6, 6.07) is 11.2. The molecule has 0 spiro atoms. The maximum Gasteiger partial charge on any atom is 0.573 e. The molecule has 1 saturated heterocycles. The van der Waals surface area contributed by atoms with Crippen LogP contribution in [0, 0.1) is 0 Å². The van der Waals surface area contributed by atoms with E-state index in [1.54, 1.807) is 27.8 Å². The topological polar surface area (TPSA) is 84.9 Å². The predicted molar refractivity (Wildman–Crippen MR) is 125 cm³/mol. The molecular weight excluding hydrogens is 505 g/mol. The second-order valence-corrected chi connectivity index (χ2v) is 10.1. The van der Waals surface area contributed by atoms with Crippen molar-refractivity contribution in [2.24, 2.45) is 0 Å². The Hall–Kier alpha value is -3.09. The number of nitrogens with one attached hydrogen (secondary N) is 1. The third kappa shape index (κ3) is 6.53. The van der Waals surface area contributed by atoms with Gasteiger partial charge in [-0.25, -0.2) is 8.42 Å². The number of benzene rings is 2. The van der Waals surface area contributed by atoms with Crippen molar-refractivity contribution in [1.29, 1.82) is 0 Å². The van der Waals surface area contributed by atoms with E-state index in [9.17, 15) is 26.4 Å². The maximum atomic E-state index is 12.9. The molecule has 1 fully saturated rings. The molecule has 2 aromatic carbocycles.